The predicted octanol–water partition coefficient (Wildman–Crippen LogP) is 3.37. The highest BCUT2D eigenvalue weighted by Crippen LogP contribution is 2.14. The van der Waals surface area contributed by atoms with Gasteiger partial charge in [-0.1, -0.05) is 36.9 Å². The van der Waals surface area contributed by atoms with Gasteiger partial charge in [0.25, 0.3) is 5.91 Å². The van der Waals surface area contributed by atoms with Crippen molar-refractivity contribution in [3.05, 3.63) is 72.6 Å². The van der Waals surface area contributed by atoms with Gasteiger partial charge in [-0.2, -0.15) is 0 Å². The number of aromatic nitrogens is 2. The maximum atomic E-state index is 12.4. The summed E-state index contributed by atoms with van der Waals surface area (Å²) in [7, 11) is 0. The van der Waals surface area contributed by atoms with E-state index < -0.39 is 0 Å². The lowest BCUT2D eigenvalue weighted by Crippen LogP contribution is -2.10. The summed E-state index contributed by atoms with van der Waals surface area (Å²) in [6.45, 7) is 3.70. The molecule has 1 heterocycles. The minimum absolute atomic E-state index is 0.0793. The zero-order valence-electron chi connectivity index (χ0n) is 10.3. The summed E-state index contributed by atoms with van der Waals surface area (Å²) in [4.78, 5) is 16.6. The van der Waals surface area contributed by atoms with E-state index in [9.17, 15) is 4.79 Å². The fourth-order valence-corrected chi connectivity index (χ4v) is 2.02. The Labute approximate surface area is 110 Å². The minimum Gasteiger partial charge on any atom is -0.268 e. The second-order valence-electron chi connectivity index (χ2n) is 4.23. The van der Waals surface area contributed by atoms with Crippen LogP contribution in [0.15, 0.2) is 61.4 Å². The molecule has 92 valence electrons. The van der Waals surface area contributed by atoms with Crippen molar-refractivity contribution in [1.82, 2.24) is 9.55 Å². The van der Waals surface area contributed by atoms with E-state index in [0.29, 0.717) is 5.56 Å². The lowest BCUT2D eigenvalue weighted by molar-refractivity contribution is 0.0964. The summed E-state index contributed by atoms with van der Waals surface area (Å²) < 4.78 is 1.57. The van der Waals surface area contributed by atoms with Gasteiger partial charge < -0.3 is 0 Å². The fourth-order valence-electron chi connectivity index (χ4n) is 2.02. The Balaban J connectivity index is 2.05. The van der Waals surface area contributed by atoms with E-state index in [-0.39, 0.29) is 5.91 Å². The number of imidazole rings is 1. The molecular weight excluding hydrogens is 236 g/mol. The molecule has 0 bridgehead atoms. The van der Waals surface area contributed by atoms with Crippen LogP contribution >= 0.6 is 0 Å². The summed E-state index contributed by atoms with van der Waals surface area (Å²) >= 11 is 0. The first kappa shape index (κ1) is 11.4. The van der Waals surface area contributed by atoms with Crippen LogP contribution in [0.2, 0.25) is 0 Å². The largest absolute Gasteiger partial charge is 0.268 e. The quantitative estimate of drug-likeness (QED) is 0.697. The van der Waals surface area contributed by atoms with E-state index >= 15 is 0 Å². The van der Waals surface area contributed by atoms with Crippen LogP contribution in [0.4, 0.5) is 0 Å². The third kappa shape index (κ3) is 1.95. The van der Waals surface area contributed by atoms with Gasteiger partial charge in [-0.15, -0.1) is 0 Å². The summed E-state index contributed by atoms with van der Waals surface area (Å²) in [6.07, 6.45) is 3.31. The lowest BCUT2D eigenvalue weighted by atomic mass is 10.1. The molecule has 2 aromatic carbocycles. The van der Waals surface area contributed by atoms with Gasteiger partial charge in [0.15, 0.2) is 0 Å². The van der Waals surface area contributed by atoms with Crippen LogP contribution in [-0.4, -0.2) is 15.5 Å². The summed E-state index contributed by atoms with van der Waals surface area (Å²) in [5.74, 6) is -0.0793. The smallest absolute Gasteiger partial charge is 0.263 e. The Hall–Kier alpha value is -2.68. The van der Waals surface area contributed by atoms with Gasteiger partial charge in [0, 0.05) is 5.56 Å². The molecule has 19 heavy (non-hydrogen) atoms. The first-order chi connectivity index (χ1) is 9.29. The molecule has 3 heteroatoms. The molecule has 0 fully saturated rings. The van der Waals surface area contributed by atoms with Crippen molar-refractivity contribution < 1.29 is 4.79 Å². The number of fused-ring (bicyclic) bond motifs is 1. The number of para-hydroxylation sites is 2. The molecule has 0 amide bonds. The van der Waals surface area contributed by atoms with Gasteiger partial charge in [0.05, 0.1) is 11.0 Å². The standard InChI is InChI=1S/C16H12N2O/c1-2-12-7-9-13(10-8-12)16(19)18-11-17-14-5-3-4-6-15(14)18/h2-11H,1H2. The maximum absolute atomic E-state index is 12.4. The molecule has 0 unspecified atom stereocenters. The van der Waals surface area contributed by atoms with Crippen molar-refractivity contribution >= 4 is 23.0 Å². The van der Waals surface area contributed by atoms with Crippen LogP contribution in [0.1, 0.15) is 15.9 Å². The SMILES string of the molecule is C=Cc1ccc(C(=O)n2cnc3ccccc32)cc1. The van der Waals surface area contributed by atoms with E-state index in [1.807, 2.05) is 36.4 Å². The van der Waals surface area contributed by atoms with Crippen LogP contribution in [0.5, 0.6) is 0 Å². The van der Waals surface area contributed by atoms with Crippen molar-refractivity contribution in [1.29, 1.82) is 0 Å². The van der Waals surface area contributed by atoms with Crippen LogP contribution in [-0.2, 0) is 0 Å². The number of hydrogen-bond donors (Lipinski definition) is 0. The van der Waals surface area contributed by atoms with E-state index in [2.05, 4.69) is 11.6 Å². The van der Waals surface area contributed by atoms with Gasteiger partial charge in [-0.05, 0) is 29.8 Å². The number of carbonyl (C=O) groups excluding carboxylic acids is 1. The molecule has 3 aromatic rings. The Kier molecular flexibility index (Phi) is 2.72. The molecule has 3 rings (SSSR count). The first-order valence-corrected chi connectivity index (χ1v) is 5.99. The summed E-state index contributed by atoms with van der Waals surface area (Å²) in [6, 6.07) is 14.9. The lowest BCUT2D eigenvalue weighted by Gasteiger charge is -2.03. The van der Waals surface area contributed by atoms with Gasteiger partial charge in [0.2, 0.25) is 0 Å². The Morgan fingerprint density at radius 1 is 1.11 bits per heavy atom. The van der Waals surface area contributed by atoms with Crippen molar-refractivity contribution in [3.63, 3.8) is 0 Å². The van der Waals surface area contributed by atoms with Crippen LogP contribution in [0.25, 0.3) is 17.1 Å². The van der Waals surface area contributed by atoms with E-state index in [1.165, 1.54) is 0 Å². The van der Waals surface area contributed by atoms with Crippen LogP contribution in [0.3, 0.4) is 0 Å². The van der Waals surface area contributed by atoms with Gasteiger partial charge in [-0.3, -0.25) is 9.36 Å². The third-order valence-corrected chi connectivity index (χ3v) is 3.07. The van der Waals surface area contributed by atoms with Crippen LogP contribution in [0, 0.1) is 0 Å². The van der Waals surface area contributed by atoms with Crippen molar-refractivity contribution in [2.45, 2.75) is 0 Å². The molecule has 0 saturated carbocycles. The monoisotopic (exact) mass is 248 g/mol. The molecule has 0 aliphatic rings. The Morgan fingerprint density at radius 2 is 1.84 bits per heavy atom. The average Bonchev–Trinajstić information content (AvgIpc) is 2.90. The third-order valence-electron chi connectivity index (χ3n) is 3.07. The molecule has 0 spiro atoms. The normalized spacial score (nSPS) is 10.5. The highest BCUT2D eigenvalue weighted by atomic mass is 16.2. The number of nitrogens with zero attached hydrogens (tertiary/aromatic N) is 2. The summed E-state index contributed by atoms with van der Waals surface area (Å²) in [5.41, 5.74) is 3.26. The molecule has 1 aromatic heterocycles. The highest BCUT2D eigenvalue weighted by molar-refractivity contribution is 6.01. The Morgan fingerprint density at radius 3 is 2.58 bits per heavy atom. The van der Waals surface area contributed by atoms with E-state index in [1.54, 1.807) is 29.1 Å². The van der Waals surface area contributed by atoms with Crippen molar-refractivity contribution in [2.75, 3.05) is 0 Å². The summed E-state index contributed by atoms with van der Waals surface area (Å²) in [5, 5.41) is 0. The molecule has 0 radical (unpaired) electrons. The Bertz CT molecular complexity index is 754. The van der Waals surface area contributed by atoms with Gasteiger partial charge in [-0.25, -0.2) is 4.98 Å². The maximum Gasteiger partial charge on any atom is 0.263 e. The minimum atomic E-state index is -0.0793. The number of hydrogen-bond acceptors (Lipinski definition) is 2. The second kappa shape index (κ2) is 4.53. The molecule has 0 aliphatic heterocycles. The second-order valence-corrected chi connectivity index (χ2v) is 4.23. The number of carbonyl (C=O) groups is 1. The van der Waals surface area contributed by atoms with E-state index in [4.69, 9.17) is 0 Å². The van der Waals surface area contributed by atoms with Gasteiger partial charge >= 0.3 is 0 Å². The van der Waals surface area contributed by atoms with Crippen molar-refractivity contribution in [2.24, 2.45) is 0 Å². The number of benzene rings is 2. The van der Waals surface area contributed by atoms with Crippen molar-refractivity contribution in [3.8, 4) is 0 Å². The number of rotatable bonds is 2. The molecule has 0 aliphatic carbocycles. The van der Waals surface area contributed by atoms with E-state index in [0.717, 1.165) is 16.6 Å². The highest BCUT2D eigenvalue weighted by Gasteiger charge is 2.11. The molecular formula is C16H12N2O. The fraction of sp³-hybridized carbons (Fsp3) is 0. The van der Waals surface area contributed by atoms with Crippen LogP contribution < -0.4 is 0 Å². The predicted molar refractivity (Wildman–Crippen MR) is 76.0 cm³/mol. The topological polar surface area (TPSA) is 34.9 Å². The van der Waals surface area contributed by atoms with Gasteiger partial charge in [0.1, 0.15) is 6.33 Å². The molecule has 3 nitrogen and oxygen atoms in total. The first-order valence-electron chi connectivity index (χ1n) is 5.99. The zero-order valence-corrected chi connectivity index (χ0v) is 10.3. The molecule has 0 saturated heterocycles. The zero-order chi connectivity index (χ0) is 13.2. The average molecular weight is 248 g/mol. The molecule has 0 atom stereocenters. The molecule has 0 N–H and O–H groups in total.